The van der Waals surface area contributed by atoms with Gasteiger partial charge in [0.05, 0.1) is 25.2 Å². The van der Waals surface area contributed by atoms with Crippen molar-refractivity contribution in [3.05, 3.63) is 28.8 Å². The number of ether oxygens (including phenoxy) is 2. The standard InChI is InChI=1S/C12H11F3N2O3/c1-19-11(18)4-8-9(6-17)7(5-16)2-3-10(8)20-12(13,14)15/h2-3H,4-5,16H2,1H3. The minimum absolute atomic E-state index is 0.0522. The van der Waals surface area contributed by atoms with Gasteiger partial charge in [-0.3, -0.25) is 4.79 Å². The zero-order valence-electron chi connectivity index (χ0n) is 10.5. The Bertz CT molecular complexity index is 550. The van der Waals surface area contributed by atoms with Crippen LogP contribution in [-0.4, -0.2) is 19.4 Å². The van der Waals surface area contributed by atoms with Gasteiger partial charge < -0.3 is 15.2 Å². The Balaban J connectivity index is 3.36. The zero-order chi connectivity index (χ0) is 15.3. The summed E-state index contributed by atoms with van der Waals surface area (Å²) in [5, 5.41) is 9.04. The van der Waals surface area contributed by atoms with Crippen molar-refractivity contribution in [1.82, 2.24) is 0 Å². The number of halogens is 3. The summed E-state index contributed by atoms with van der Waals surface area (Å²) in [7, 11) is 1.09. The molecule has 0 aliphatic heterocycles. The summed E-state index contributed by atoms with van der Waals surface area (Å²) < 4.78 is 45.2. The second-order valence-electron chi connectivity index (χ2n) is 3.69. The minimum atomic E-state index is -4.93. The van der Waals surface area contributed by atoms with E-state index in [2.05, 4.69) is 9.47 Å². The van der Waals surface area contributed by atoms with Gasteiger partial charge in [-0.05, 0) is 11.6 Å². The fourth-order valence-electron chi connectivity index (χ4n) is 1.60. The highest BCUT2D eigenvalue weighted by molar-refractivity contribution is 5.75. The van der Waals surface area contributed by atoms with E-state index in [1.165, 1.54) is 6.07 Å². The summed E-state index contributed by atoms with van der Waals surface area (Å²) in [4.78, 5) is 11.3. The first-order chi connectivity index (χ1) is 9.32. The van der Waals surface area contributed by atoms with Crippen LogP contribution in [0.25, 0.3) is 0 Å². The lowest BCUT2D eigenvalue weighted by Crippen LogP contribution is -2.20. The third kappa shape index (κ3) is 3.86. The van der Waals surface area contributed by atoms with Crippen molar-refractivity contribution in [2.75, 3.05) is 7.11 Å². The molecular formula is C12H11F3N2O3. The van der Waals surface area contributed by atoms with Crippen LogP contribution < -0.4 is 10.5 Å². The molecule has 0 unspecified atom stereocenters. The quantitative estimate of drug-likeness (QED) is 0.851. The number of hydrogen-bond acceptors (Lipinski definition) is 5. The molecule has 1 aromatic rings. The highest BCUT2D eigenvalue weighted by atomic mass is 19.4. The summed E-state index contributed by atoms with van der Waals surface area (Å²) in [5.74, 6) is -1.40. The molecule has 0 heterocycles. The molecule has 0 radical (unpaired) electrons. The van der Waals surface area contributed by atoms with Gasteiger partial charge >= 0.3 is 12.3 Å². The summed E-state index contributed by atoms with van der Waals surface area (Å²) >= 11 is 0. The van der Waals surface area contributed by atoms with Crippen LogP contribution >= 0.6 is 0 Å². The molecule has 0 aliphatic carbocycles. The Morgan fingerprint density at radius 1 is 1.45 bits per heavy atom. The molecule has 8 heteroatoms. The molecule has 0 spiro atoms. The van der Waals surface area contributed by atoms with Crippen LogP contribution in [0.1, 0.15) is 16.7 Å². The van der Waals surface area contributed by atoms with E-state index in [0.29, 0.717) is 5.56 Å². The van der Waals surface area contributed by atoms with Crippen molar-refractivity contribution >= 4 is 5.97 Å². The summed E-state index contributed by atoms with van der Waals surface area (Å²) in [6.07, 6.45) is -5.44. The summed E-state index contributed by atoms with van der Waals surface area (Å²) in [6, 6.07) is 4.01. The van der Waals surface area contributed by atoms with Crippen LogP contribution in [0.4, 0.5) is 13.2 Å². The highest BCUT2D eigenvalue weighted by Gasteiger charge is 2.33. The van der Waals surface area contributed by atoms with Crippen LogP contribution in [-0.2, 0) is 22.5 Å². The van der Waals surface area contributed by atoms with Crippen molar-refractivity contribution in [3.63, 3.8) is 0 Å². The minimum Gasteiger partial charge on any atom is -0.469 e. The zero-order valence-corrected chi connectivity index (χ0v) is 10.5. The second kappa shape index (κ2) is 6.25. The first-order valence-electron chi connectivity index (χ1n) is 5.39. The molecule has 0 saturated carbocycles. The first kappa shape index (κ1) is 15.8. The van der Waals surface area contributed by atoms with Crippen molar-refractivity contribution < 1.29 is 27.4 Å². The molecular weight excluding hydrogens is 277 g/mol. The third-order valence-corrected chi connectivity index (χ3v) is 2.46. The van der Waals surface area contributed by atoms with Gasteiger partial charge in [-0.2, -0.15) is 5.26 Å². The van der Waals surface area contributed by atoms with Crippen LogP contribution in [0, 0.1) is 11.3 Å². The van der Waals surface area contributed by atoms with Crippen LogP contribution in [0.5, 0.6) is 5.75 Å². The maximum atomic E-state index is 12.3. The molecule has 0 saturated heterocycles. The van der Waals surface area contributed by atoms with Gasteiger partial charge in [-0.15, -0.1) is 13.2 Å². The lowest BCUT2D eigenvalue weighted by Gasteiger charge is -2.15. The smallest absolute Gasteiger partial charge is 0.469 e. The average Bonchev–Trinajstić information content (AvgIpc) is 2.38. The Hall–Kier alpha value is -2.27. The highest BCUT2D eigenvalue weighted by Crippen LogP contribution is 2.31. The normalized spacial score (nSPS) is 10.8. The predicted octanol–water partition coefficient (Wildman–Crippen LogP) is 1.63. The van der Waals surface area contributed by atoms with Gasteiger partial charge in [-0.1, -0.05) is 6.07 Å². The van der Waals surface area contributed by atoms with E-state index in [4.69, 9.17) is 11.0 Å². The largest absolute Gasteiger partial charge is 0.573 e. The van der Waals surface area contributed by atoms with Crippen molar-refractivity contribution in [3.8, 4) is 11.8 Å². The number of methoxy groups -OCH3 is 1. The Kier molecular flexibility index (Phi) is 4.94. The lowest BCUT2D eigenvalue weighted by atomic mass is 9.98. The topological polar surface area (TPSA) is 85.3 Å². The molecule has 1 rings (SSSR count). The van der Waals surface area contributed by atoms with Gasteiger partial charge in [0.2, 0.25) is 0 Å². The van der Waals surface area contributed by atoms with Crippen molar-refractivity contribution in [2.45, 2.75) is 19.3 Å². The number of alkyl halides is 3. The van der Waals surface area contributed by atoms with Gasteiger partial charge in [0.25, 0.3) is 0 Å². The molecule has 0 atom stereocenters. The molecule has 20 heavy (non-hydrogen) atoms. The van der Waals surface area contributed by atoms with E-state index < -0.39 is 24.5 Å². The number of nitriles is 1. The van der Waals surface area contributed by atoms with E-state index in [1.807, 2.05) is 0 Å². The molecule has 5 nitrogen and oxygen atoms in total. The van der Waals surface area contributed by atoms with E-state index in [0.717, 1.165) is 13.2 Å². The number of hydrogen-bond donors (Lipinski definition) is 1. The second-order valence-corrected chi connectivity index (χ2v) is 3.69. The number of nitrogens with two attached hydrogens (primary N) is 1. The fraction of sp³-hybridized carbons (Fsp3) is 0.333. The third-order valence-electron chi connectivity index (χ3n) is 2.46. The van der Waals surface area contributed by atoms with Gasteiger partial charge in [0.15, 0.2) is 0 Å². The molecule has 2 N–H and O–H groups in total. The number of carbonyl (C=O) groups is 1. The van der Waals surface area contributed by atoms with Crippen LogP contribution in [0.15, 0.2) is 12.1 Å². The maximum Gasteiger partial charge on any atom is 0.573 e. The number of esters is 1. The van der Waals surface area contributed by atoms with Gasteiger partial charge in [-0.25, -0.2) is 0 Å². The van der Waals surface area contributed by atoms with Crippen LogP contribution in [0.2, 0.25) is 0 Å². The van der Waals surface area contributed by atoms with E-state index in [1.54, 1.807) is 6.07 Å². The van der Waals surface area contributed by atoms with Crippen molar-refractivity contribution in [1.29, 1.82) is 5.26 Å². The molecule has 0 aromatic heterocycles. The molecule has 0 aliphatic rings. The SMILES string of the molecule is COC(=O)Cc1c(OC(F)(F)F)ccc(CN)c1C#N. The maximum absolute atomic E-state index is 12.3. The Labute approximate surface area is 112 Å². The summed E-state index contributed by atoms with van der Waals surface area (Å²) in [6.45, 7) is -0.0522. The van der Waals surface area contributed by atoms with E-state index >= 15 is 0 Å². The number of benzene rings is 1. The Morgan fingerprint density at radius 3 is 2.55 bits per heavy atom. The molecule has 0 amide bonds. The molecule has 0 fully saturated rings. The molecule has 0 bridgehead atoms. The number of nitrogens with zero attached hydrogens (tertiary/aromatic N) is 1. The van der Waals surface area contributed by atoms with E-state index in [-0.39, 0.29) is 17.7 Å². The fourth-order valence-corrected chi connectivity index (χ4v) is 1.60. The average molecular weight is 288 g/mol. The summed E-state index contributed by atoms with van der Waals surface area (Å²) in [5.41, 5.74) is 5.42. The first-order valence-corrected chi connectivity index (χ1v) is 5.39. The van der Waals surface area contributed by atoms with Gasteiger partial charge in [0.1, 0.15) is 5.75 Å². The lowest BCUT2D eigenvalue weighted by molar-refractivity contribution is -0.274. The van der Waals surface area contributed by atoms with Gasteiger partial charge in [0, 0.05) is 12.1 Å². The molecule has 108 valence electrons. The Morgan fingerprint density at radius 2 is 2.10 bits per heavy atom. The number of rotatable bonds is 4. The predicted molar refractivity (Wildman–Crippen MR) is 61.5 cm³/mol. The molecule has 1 aromatic carbocycles. The van der Waals surface area contributed by atoms with Crippen LogP contribution in [0.3, 0.4) is 0 Å². The van der Waals surface area contributed by atoms with Crippen molar-refractivity contribution in [2.24, 2.45) is 5.73 Å². The number of carbonyl (C=O) groups excluding carboxylic acids is 1. The monoisotopic (exact) mass is 288 g/mol. The van der Waals surface area contributed by atoms with E-state index in [9.17, 15) is 18.0 Å².